The predicted molar refractivity (Wildman–Crippen MR) is 265 cm³/mol. The van der Waals surface area contributed by atoms with Crippen molar-refractivity contribution in [2.45, 2.75) is 70.4 Å². The van der Waals surface area contributed by atoms with Gasteiger partial charge in [0.05, 0.1) is 86.4 Å². The van der Waals surface area contributed by atoms with Crippen LogP contribution in [0.1, 0.15) is 72.4 Å². The number of aliphatic imine (C=N–C) groups is 2. The third kappa shape index (κ3) is 11.4. The summed E-state index contributed by atoms with van der Waals surface area (Å²) in [5.74, 6) is 1.60. The Balaban J connectivity index is 1.18. The molecule has 2 saturated heterocycles. The Kier molecular flexibility index (Phi) is 16.5. The van der Waals surface area contributed by atoms with Gasteiger partial charge in [-0.1, -0.05) is 37.1 Å². The van der Waals surface area contributed by atoms with Crippen molar-refractivity contribution >= 4 is 66.6 Å². The molecule has 2 atom stereocenters. The smallest absolute Gasteiger partial charge is 0.257 e. The monoisotopic (exact) mass is 941 g/mol. The van der Waals surface area contributed by atoms with Crippen LogP contribution in [0.15, 0.2) is 75.7 Å². The fraction of sp³-hybridized carbons (Fsp3) is 0.480. The molecule has 354 valence electrons. The Morgan fingerprint density at radius 3 is 1.64 bits per heavy atom. The molecule has 14 nitrogen and oxygen atoms in total. The molecule has 2 amide bonds. The van der Waals surface area contributed by atoms with E-state index in [-0.39, 0.29) is 47.1 Å². The first-order valence-corrected chi connectivity index (χ1v) is 23.5. The number of allylic oxidation sites excluding steroid dienone is 2. The molecule has 0 bridgehead atoms. The van der Waals surface area contributed by atoms with Crippen molar-refractivity contribution in [2.24, 2.45) is 15.4 Å². The second kappa shape index (κ2) is 22.2. The van der Waals surface area contributed by atoms with Crippen molar-refractivity contribution in [3.8, 4) is 23.0 Å². The minimum absolute atomic E-state index is 0.0883. The van der Waals surface area contributed by atoms with E-state index in [0.29, 0.717) is 105 Å². The summed E-state index contributed by atoms with van der Waals surface area (Å²) in [6.07, 6.45) is 9.37. The lowest BCUT2D eigenvalue weighted by Gasteiger charge is -2.36. The van der Waals surface area contributed by atoms with Crippen molar-refractivity contribution in [2.75, 3.05) is 85.4 Å². The number of rotatable bonds is 21. The van der Waals surface area contributed by atoms with Crippen LogP contribution in [0.4, 0.5) is 17.1 Å². The summed E-state index contributed by atoms with van der Waals surface area (Å²) in [5.41, 5.74) is 6.74. The van der Waals surface area contributed by atoms with Crippen LogP contribution < -0.4 is 23.8 Å². The third-order valence-corrected chi connectivity index (χ3v) is 13.8. The van der Waals surface area contributed by atoms with Crippen LogP contribution in [-0.4, -0.2) is 131 Å². The molecular formula is C50H63N5O9S2. The second-order valence-electron chi connectivity index (χ2n) is 17.5. The fourth-order valence-electron chi connectivity index (χ4n) is 8.46. The van der Waals surface area contributed by atoms with E-state index in [9.17, 15) is 9.59 Å². The standard InChI is InChI=1S/C50H63N5O9S2/c1-8-32-17-37-25-51-41-23-45(43(59-6)21-39(41)47(56)54(37)27-32)63-29-34-16-35(20-36(19-34)53(31-50(3,4)49(65)66)10-11-61-14-15-62-13-12-58-5)30-64-46-24-42-40(22-44(46)60-7)48(57)55-28-33(9-2)18-38(55)26-52-42/h8-9,16,19-26,37-38,49,65-66H,10-15,17-18,27-31H2,1-7H3/b32-8+,33-9+/t37-,38-/m0/s1. The SMILES string of the molecule is C/C=C1\C[C@H]2C=Nc3cc(OCc4cc(COc5cc6c(cc5OC)C(=O)N5C/C(=C/C)C[C@H]5C=N6)cc(N(CCOCCOCCOC)CC(C)(C)C(S)S)c4)c(OC)cc3C(=O)N2C1. The normalized spacial score (nSPS) is 18.9. The van der Waals surface area contributed by atoms with Crippen LogP contribution in [-0.2, 0) is 27.4 Å². The van der Waals surface area contributed by atoms with Gasteiger partial charge in [0.15, 0.2) is 23.0 Å². The van der Waals surface area contributed by atoms with E-state index in [2.05, 4.69) is 43.0 Å². The number of methoxy groups -OCH3 is 3. The maximum Gasteiger partial charge on any atom is 0.257 e. The number of carbonyl (C=O) groups is 2. The molecule has 4 aliphatic heterocycles. The molecule has 16 heteroatoms. The molecule has 3 aromatic carbocycles. The molecule has 2 fully saturated rings. The highest BCUT2D eigenvalue weighted by Gasteiger charge is 2.36. The van der Waals surface area contributed by atoms with E-state index >= 15 is 0 Å². The van der Waals surface area contributed by atoms with E-state index in [1.165, 1.54) is 11.1 Å². The summed E-state index contributed by atoms with van der Waals surface area (Å²) < 4.78 is 41.3. The molecule has 7 rings (SSSR count). The Labute approximate surface area is 399 Å². The number of anilines is 1. The van der Waals surface area contributed by atoms with Gasteiger partial charge < -0.3 is 47.9 Å². The molecule has 0 saturated carbocycles. The number of fused-ring (bicyclic) bond motifs is 4. The van der Waals surface area contributed by atoms with E-state index in [4.69, 9.17) is 68.4 Å². The van der Waals surface area contributed by atoms with Gasteiger partial charge in [-0.2, -0.15) is 25.3 Å². The van der Waals surface area contributed by atoms with Gasteiger partial charge in [-0.05, 0) is 68.1 Å². The predicted octanol–water partition coefficient (Wildman–Crippen LogP) is 8.31. The quantitative estimate of drug-likeness (QED) is 0.0465. The molecule has 0 aliphatic carbocycles. The maximum atomic E-state index is 13.8. The van der Waals surface area contributed by atoms with Gasteiger partial charge in [-0.25, -0.2) is 0 Å². The number of hydrogen-bond donors (Lipinski definition) is 2. The highest BCUT2D eigenvalue weighted by molar-refractivity contribution is 7.99. The molecule has 0 unspecified atom stereocenters. The van der Waals surface area contributed by atoms with E-state index in [1.54, 1.807) is 45.6 Å². The van der Waals surface area contributed by atoms with Gasteiger partial charge in [0.2, 0.25) is 0 Å². The van der Waals surface area contributed by atoms with Gasteiger partial charge >= 0.3 is 0 Å². The number of nitrogens with zero attached hydrogens (tertiary/aromatic N) is 5. The number of benzene rings is 3. The number of amides is 2. The van der Waals surface area contributed by atoms with Gasteiger partial charge in [0.25, 0.3) is 11.8 Å². The van der Waals surface area contributed by atoms with E-state index in [1.807, 2.05) is 42.1 Å². The Bertz CT molecular complexity index is 2230. The van der Waals surface area contributed by atoms with Crippen LogP contribution in [0, 0.1) is 5.41 Å². The molecule has 4 aliphatic rings. The van der Waals surface area contributed by atoms with Crippen LogP contribution >= 0.6 is 25.3 Å². The first-order chi connectivity index (χ1) is 31.9. The van der Waals surface area contributed by atoms with Crippen molar-refractivity contribution in [1.82, 2.24) is 9.80 Å². The summed E-state index contributed by atoms with van der Waals surface area (Å²) in [4.78, 5) is 43.1. The number of hydrogen-bond acceptors (Lipinski definition) is 14. The van der Waals surface area contributed by atoms with Gasteiger partial charge in [-0.15, -0.1) is 0 Å². The van der Waals surface area contributed by atoms with Crippen molar-refractivity contribution in [3.63, 3.8) is 0 Å². The lowest BCUT2D eigenvalue weighted by Crippen LogP contribution is -2.40. The first-order valence-electron chi connectivity index (χ1n) is 22.4. The molecular weight excluding hydrogens is 879 g/mol. The van der Waals surface area contributed by atoms with Crippen LogP contribution in [0.2, 0.25) is 0 Å². The molecule has 66 heavy (non-hydrogen) atoms. The zero-order valence-corrected chi connectivity index (χ0v) is 40.9. The fourth-order valence-corrected chi connectivity index (χ4v) is 8.62. The Hall–Kier alpha value is -5.00. The molecule has 0 spiro atoms. The molecule has 0 N–H and O–H groups in total. The van der Waals surface area contributed by atoms with Crippen molar-refractivity contribution < 1.29 is 42.7 Å². The first kappa shape index (κ1) is 48.9. The number of carbonyl (C=O) groups excluding carboxylic acids is 2. The highest BCUT2D eigenvalue weighted by Crippen LogP contribution is 2.41. The molecule has 3 aromatic rings. The summed E-state index contributed by atoms with van der Waals surface area (Å²) in [6, 6.07) is 13.0. The number of thiol groups is 2. The summed E-state index contributed by atoms with van der Waals surface area (Å²) in [7, 11) is 4.78. The average molecular weight is 942 g/mol. The average Bonchev–Trinajstić information content (AvgIpc) is 3.89. The minimum atomic E-state index is -0.314. The Morgan fingerprint density at radius 1 is 0.697 bits per heavy atom. The van der Waals surface area contributed by atoms with Crippen molar-refractivity contribution in [3.05, 3.63) is 88.0 Å². The zero-order valence-electron chi connectivity index (χ0n) is 39.1. The van der Waals surface area contributed by atoms with Crippen LogP contribution in [0.25, 0.3) is 0 Å². The highest BCUT2D eigenvalue weighted by atomic mass is 32.2. The van der Waals surface area contributed by atoms with Crippen molar-refractivity contribution in [1.29, 1.82) is 0 Å². The van der Waals surface area contributed by atoms with Crippen LogP contribution in [0.3, 0.4) is 0 Å². The summed E-state index contributed by atoms with van der Waals surface area (Å²) in [5, 5.41) is 0. The number of ether oxygens (including phenoxy) is 7. The molecule has 0 radical (unpaired) electrons. The topological polar surface area (TPSA) is 133 Å². The summed E-state index contributed by atoms with van der Waals surface area (Å²) in [6.45, 7) is 13.3. The van der Waals surface area contributed by atoms with Gasteiger partial charge in [0, 0.05) is 69.0 Å². The molecule has 4 heterocycles. The van der Waals surface area contributed by atoms with Crippen LogP contribution in [0.5, 0.6) is 23.0 Å². The van der Waals surface area contributed by atoms with E-state index < -0.39 is 0 Å². The second-order valence-corrected chi connectivity index (χ2v) is 18.9. The zero-order chi connectivity index (χ0) is 47.0. The lowest BCUT2D eigenvalue weighted by atomic mass is 9.94. The van der Waals surface area contributed by atoms with Gasteiger partial charge in [0.1, 0.15) is 13.2 Å². The lowest BCUT2D eigenvalue weighted by molar-refractivity contribution is 0.0263. The third-order valence-electron chi connectivity index (χ3n) is 12.4. The largest absolute Gasteiger partial charge is 0.493 e. The minimum Gasteiger partial charge on any atom is -0.493 e. The summed E-state index contributed by atoms with van der Waals surface area (Å²) >= 11 is 9.50. The van der Waals surface area contributed by atoms with E-state index in [0.717, 1.165) is 29.7 Å². The maximum absolute atomic E-state index is 13.8. The van der Waals surface area contributed by atoms with Gasteiger partial charge in [-0.3, -0.25) is 19.6 Å². The Morgan fingerprint density at radius 2 is 1.18 bits per heavy atom. The molecule has 0 aromatic heterocycles.